The zero-order chi connectivity index (χ0) is 30.3. The number of ether oxygens (including phenoxy) is 3. The predicted molar refractivity (Wildman–Crippen MR) is 131 cm³/mol. The first-order valence-corrected chi connectivity index (χ1v) is 16.5. The number of nitrogens with two attached hydrogens (primary N) is 1. The highest BCUT2D eigenvalue weighted by Gasteiger charge is 2.54. The lowest BCUT2D eigenvalue weighted by molar-refractivity contribution is -0.246. The van der Waals surface area contributed by atoms with E-state index in [0.717, 1.165) is 5.56 Å². The van der Waals surface area contributed by atoms with Gasteiger partial charge in [-0.3, -0.25) is 22.8 Å². The number of phosphoric acid groups is 2. The van der Waals surface area contributed by atoms with Crippen molar-refractivity contribution < 1.29 is 65.6 Å². The number of benzene rings is 1. The molecule has 2 saturated heterocycles. The van der Waals surface area contributed by atoms with Crippen LogP contribution in [-0.2, 0) is 52.3 Å². The number of imidazole rings is 1. The van der Waals surface area contributed by atoms with E-state index >= 15 is 0 Å². The molecule has 5 rings (SSSR count). The topological polar surface area (TPSA) is 283 Å². The van der Waals surface area contributed by atoms with Crippen molar-refractivity contribution in [1.29, 1.82) is 0 Å². The smallest absolute Gasteiger partial charge is 0.311 e. The molecule has 0 amide bonds. The van der Waals surface area contributed by atoms with E-state index in [-0.39, 0.29) is 17.0 Å². The van der Waals surface area contributed by atoms with Crippen LogP contribution in [-0.4, -0.2) is 68.0 Å². The maximum Gasteiger partial charge on any atom is 0.311 e. The number of nitrogen functional groups attached to an aromatic ring is 1. The molecule has 228 valence electrons. The number of hydrogen-bond acceptors (Lipinski definition) is 17. The van der Waals surface area contributed by atoms with Crippen LogP contribution in [0.5, 0.6) is 0 Å². The van der Waals surface area contributed by atoms with Gasteiger partial charge in [0.05, 0.1) is 12.9 Å². The molecule has 5 unspecified atom stereocenters. The van der Waals surface area contributed by atoms with Gasteiger partial charge in [-0.15, -0.1) is 0 Å². The van der Waals surface area contributed by atoms with Gasteiger partial charge >= 0.3 is 5.97 Å². The molecule has 2 aliphatic heterocycles. The number of phosphoric ester groups is 1. The second kappa shape index (κ2) is 11.8. The lowest BCUT2D eigenvalue weighted by Crippen LogP contribution is -2.32. The molecule has 19 nitrogen and oxygen atoms in total. The molecule has 0 aliphatic carbocycles. The number of carbonyl (C=O) groups is 1. The minimum absolute atomic E-state index is 0.0957. The number of aliphatic carboxylic acids is 1. The van der Waals surface area contributed by atoms with E-state index in [4.69, 9.17) is 25.1 Å². The van der Waals surface area contributed by atoms with Crippen LogP contribution in [0.25, 0.3) is 11.2 Å². The Kier molecular flexibility index (Phi) is 8.66. The summed E-state index contributed by atoms with van der Waals surface area (Å²) in [4.78, 5) is 58.5. The zero-order valence-corrected chi connectivity index (χ0v) is 23.7. The number of rotatable bonds is 12. The summed E-state index contributed by atoms with van der Waals surface area (Å²) in [6.45, 7) is -0.867. The van der Waals surface area contributed by atoms with Crippen molar-refractivity contribution in [3.63, 3.8) is 0 Å². The number of carboxylic acids is 1. The molecule has 3 aromatic rings. The first-order chi connectivity index (χ1) is 19.7. The van der Waals surface area contributed by atoms with Crippen LogP contribution in [0.15, 0.2) is 43.0 Å². The van der Waals surface area contributed by atoms with E-state index in [0.29, 0.717) is 6.42 Å². The van der Waals surface area contributed by atoms with Crippen molar-refractivity contribution in [3.8, 4) is 0 Å². The molecule has 22 heteroatoms. The van der Waals surface area contributed by atoms with Gasteiger partial charge in [-0.1, -0.05) is 30.3 Å². The maximum atomic E-state index is 12.3. The fraction of sp³-hybridized carbons (Fsp3) is 0.400. The van der Waals surface area contributed by atoms with E-state index < -0.39 is 72.8 Å². The minimum atomic E-state index is -6.13. The van der Waals surface area contributed by atoms with Crippen LogP contribution in [0.1, 0.15) is 11.8 Å². The van der Waals surface area contributed by atoms with Gasteiger partial charge in [0, 0.05) is 6.42 Å². The second-order valence-corrected chi connectivity index (χ2v) is 13.9. The lowest BCUT2D eigenvalue weighted by Gasteiger charge is -2.34. The standard InChI is InChI=1S/C20H24N5O14P3/c21-18-15-19(23-9-22-18)25(10-24-15)20-17-16(36-14(37-17)6-11-4-2-1-3-5-11)12(35-20)7-34-41(30,31)39-42(32,33)38-40(28,29)8-13(26)27/h1-5,9-10,12,14,16-17,20H,6-8H2,(H,26,27)(H,28,29)(H,30,31)(H,32,33)(H2,21,22,23)/p-3/t12-,14?,16?,17+,20-/m1/s1. The van der Waals surface area contributed by atoms with E-state index in [2.05, 4.69) is 28.1 Å². The third-order valence-electron chi connectivity index (χ3n) is 5.96. The fourth-order valence-electron chi connectivity index (χ4n) is 4.39. The Bertz CT molecular complexity index is 1610. The fourth-order valence-corrected chi connectivity index (χ4v) is 8.06. The Hall–Kier alpha value is -2.63. The summed E-state index contributed by atoms with van der Waals surface area (Å²) in [6.07, 6.45) is -3.65. The molecule has 2 aromatic heterocycles. The summed E-state index contributed by atoms with van der Waals surface area (Å²) in [5, 5.41) is 8.54. The summed E-state index contributed by atoms with van der Waals surface area (Å²) < 4.78 is 67.3. The average Bonchev–Trinajstić information content (AvgIpc) is 3.55. The molecule has 3 N–H and O–H groups in total. The lowest BCUT2D eigenvalue weighted by atomic mass is 10.1. The number of carboxylic acid groups (broad SMARTS) is 1. The SMILES string of the molecule is Nc1ncnc2c1ncn2[C@@H]1O[C@H](COP(=O)([O-])OP(=O)([O-])OP(=O)([O-])CC(=O)O)C2OC(Cc3ccccc3)O[C@@H]21. The van der Waals surface area contributed by atoms with Crippen LogP contribution in [0.4, 0.5) is 5.82 Å². The number of nitrogens with zero attached hydrogens (tertiary/aromatic N) is 4. The molecule has 0 spiro atoms. The average molecular weight is 648 g/mol. The van der Waals surface area contributed by atoms with E-state index in [9.17, 15) is 33.2 Å². The number of aromatic nitrogens is 4. The second-order valence-electron chi connectivity index (χ2n) is 8.98. The van der Waals surface area contributed by atoms with Crippen molar-refractivity contribution in [2.24, 2.45) is 0 Å². The Balaban J connectivity index is 1.32. The van der Waals surface area contributed by atoms with Crippen molar-refractivity contribution in [2.45, 2.75) is 37.3 Å². The molecule has 2 aliphatic rings. The number of fused-ring (bicyclic) bond motifs is 2. The van der Waals surface area contributed by atoms with Crippen LogP contribution in [0, 0.1) is 0 Å². The summed E-state index contributed by atoms with van der Waals surface area (Å²) in [5.74, 6) is -1.85. The van der Waals surface area contributed by atoms with Gasteiger partial charge in [-0.25, -0.2) is 19.3 Å². The summed E-state index contributed by atoms with van der Waals surface area (Å²) in [7, 11) is -17.5. The summed E-state index contributed by atoms with van der Waals surface area (Å²) in [5.41, 5.74) is 7.28. The van der Waals surface area contributed by atoms with Gasteiger partial charge in [0.2, 0.25) is 0 Å². The number of hydrogen-bond donors (Lipinski definition) is 2. The molecule has 8 atom stereocenters. The van der Waals surface area contributed by atoms with Crippen LogP contribution in [0.3, 0.4) is 0 Å². The third kappa shape index (κ3) is 7.11. The van der Waals surface area contributed by atoms with Gasteiger partial charge in [0.1, 0.15) is 36.3 Å². The van der Waals surface area contributed by atoms with Gasteiger partial charge < -0.3 is 48.8 Å². The van der Waals surface area contributed by atoms with Gasteiger partial charge in [-0.05, 0) is 5.56 Å². The molecule has 1 aromatic carbocycles. The predicted octanol–water partition coefficient (Wildman–Crippen LogP) is -0.717. The van der Waals surface area contributed by atoms with Crippen molar-refractivity contribution in [2.75, 3.05) is 18.5 Å². The van der Waals surface area contributed by atoms with Crippen LogP contribution < -0.4 is 20.4 Å². The molecule has 0 bridgehead atoms. The highest BCUT2D eigenvalue weighted by Crippen LogP contribution is 2.62. The van der Waals surface area contributed by atoms with Gasteiger partial charge in [-0.2, -0.15) is 0 Å². The Labute approximate surface area is 235 Å². The van der Waals surface area contributed by atoms with Crippen LogP contribution in [0.2, 0.25) is 0 Å². The van der Waals surface area contributed by atoms with Crippen molar-refractivity contribution >= 4 is 46.2 Å². The molecule has 42 heavy (non-hydrogen) atoms. The van der Waals surface area contributed by atoms with Crippen molar-refractivity contribution in [1.82, 2.24) is 19.5 Å². The Morgan fingerprint density at radius 2 is 1.71 bits per heavy atom. The Morgan fingerprint density at radius 1 is 1.00 bits per heavy atom. The van der Waals surface area contributed by atoms with E-state index in [1.807, 2.05) is 30.3 Å². The van der Waals surface area contributed by atoms with Crippen molar-refractivity contribution in [3.05, 3.63) is 48.5 Å². The molecule has 0 saturated carbocycles. The first kappa shape index (κ1) is 30.8. The van der Waals surface area contributed by atoms with Crippen LogP contribution >= 0.6 is 23.2 Å². The molecular formula is C20H21N5O14P3-3. The normalized spacial score (nSPS) is 28.1. The minimum Gasteiger partial charge on any atom is -0.778 e. The van der Waals surface area contributed by atoms with E-state index in [1.165, 1.54) is 17.2 Å². The maximum absolute atomic E-state index is 12.3. The molecular weight excluding hydrogens is 627 g/mol. The molecule has 0 radical (unpaired) electrons. The quantitative estimate of drug-likeness (QED) is 0.229. The monoisotopic (exact) mass is 648 g/mol. The zero-order valence-electron chi connectivity index (χ0n) is 21.0. The summed E-state index contributed by atoms with van der Waals surface area (Å²) >= 11 is 0. The highest BCUT2D eigenvalue weighted by molar-refractivity contribution is 7.67. The van der Waals surface area contributed by atoms with E-state index in [1.54, 1.807) is 0 Å². The largest absolute Gasteiger partial charge is 0.778 e. The van der Waals surface area contributed by atoms with Gasteiger partial charge in [0.25, 0.3) is 15.6 Å². The third-order valence-corrected chi connectivity index (χ3v) is 10.5. The highest BCUT2D eigenvalue weighted by atomic mass is 31.3. The van der Waals surface area contributed by atoms with Gasteiger partial charge in [0.15, 0.2) is 31.6 Å². The molecule has 4 heterocycles. The molecule has 2 fully saturated rings. The first-order valence-electron chi connectivity index (χ1n) is 11.9. The summed E-state index contributed by atoms with van der Waals surface area (Å²) in [6, 6.07) is 9.19. The Morgan fingerprint density at radius 3 is 2.43 bits per heavy atom. The number of anilines is 1.